The first kappa shape index (κ1) is 18.0. The number of imidazole rings is 1. The fourth-order valence-corrected chi connectivity index (χ4v) is 4.12. The number of hydrogen-bond donors (Lipinski definition) is 1. The van der Waals surface area contributed by atoms with E-state index in [0.717, 1.165) is 68.9 Å². The second kappa shape index (κ2) is 8.13. The number of rotatable bonds is 6. The number of ether oxygens (including phenoxy) is 1. The molecule has 1 amide bonds. The third-order valence-electron chi connectivity index (χ3n) is 5.62. The van der Waals surface area contributed by atoms with E-state index in [1.54, 1.807) is 0 Å². The number of para-hydroxylation sites is 2. The first-order valence-corrected chi connectivity index (χ1v) is 9.96. The fourth-order valence-electron chi connectivity index (χ4n) is 4.12. The van der Waals surface area contributed by atoms with E-state index in [0.29, 0.717) is 6.54 Å². The third-order valence-corrected chi connectivity index (χ3v) is 5.62. The topological polar surface area (TPSA) is 59.4 Å². The van der Waals surface area contributed by atoms with Gasteiger partial charge in [-0.3, -0.25) is 4.79 Å². The van der Waals surface area contributed by atoms with Crippen LogP contribution in [0, 0.1) is 5.92 Å². The molecule has 6 heteroatoms. The summed E-state index contributed by atoms with van der Waals surface area (Å²) in [6.45, 7) is 7.78. The van der Waals surface area contributed by atoms with Crippen LogP contribution in [0.25, 0.3) is 11.0 Å². The molecule has 4 rings (SSSR count). The Balaban J connectivity index is 1.38. The second-order valence-corrected chi connectivity index (χ2v) is 7.44. The van der Waals surface area contributed by atoms with Crippen LogP contribution in [0.3, 0.4) is 0 Å². The van der Waals surface area contributed by atoms with Crippen molar-refractivity contribution in [3.05, 3.63) is 36.9 Å². The summed E-state index contributed by atoms with van der Waals surface area (Å²) in [5.41, 5.74) is 2.13. The quantitative estimate of drug-likeness (QED) is 0.797. The molecule has 0 radical (unpaired) electrons. The molecular formula is C21H28N4O2. The Morgan fingerprint density at radius 3 is 2.85 bits per heavy atom. The number of hydrogen-bond acceptors (Lipinski definition) is 4. The van der Waals surface area contributed by atoms with E-state index in [9.17, 15) is 4.79 Å². The van der Waals surface area contributed by atoms with Crippen LogP contribution in [0.15, 0.2) is 36.9 Å². The van der Waals surface area contributed by atoms with Gasteiger partial charge in [-0.25, -0.2) is 4.98 Å². The van der Waals surface area contributed by atoms with Crippen molar-refractivity contribution in [3.8, 4) is 0 Å². The molecule has 2 aliphatic rings. The lowest BCUT2D eigenvalue weighted by atomic mass is 9.96. The van der Waals surface area contributed by atoms with Gasteiger partial charge in [-0.2, -0.15) is 0 Å². The molecule has 2 fully saturated rings. The van der Waals surface area contributed by atoms with Gasteiger partial charge in [0.15, 0.2) is 0 Å². The Hall–Kier alpha value is -2.34. The molecule has 1 aromatic heterocycles. The number of carbonyl (C=O) groups is 1. The lowest BCUT2D eigenvalue weighted by Gasteiger charge is -2.32. The molecule has 1 N–H and O–H groups in total. The number of aromatic nitrogens is 2. The number of allylic oxidation sites excluding steroid dienone is 1. The highest BCUT2D eigenvalue weighted by molar-refractivity contribution is 5.80. The van der Waals surface area contributed by atoms with E-state index >= 15 is 0 Å². The number of amides is 1. The molecule has 144 valence electrons. The number of fused-ring (bicyclic) bond motifs is 1. The number of anilines is 1. The summed E-state index contributed by atoms with van der Waals surface area (Å²) in [5.74, 6) is 1.24. The van der Waals surface area contributed by atoms with Gasteiger partial charge < -0.3 is 19.5 Å². The van der Waals surface area contributed by atoms with E-state index in [-0.39, 0.29) is 17.9 Å². The van der Waals surface area contributed by atoms with Crippen molar-refractivity contribution in [1.29, 1.82) is 0 Å². The predicted octanol–water partition coefficient (Wildman–Crippen LogP) is 2.73. The molecule has 2 aliphatic heterocycles. The second-order valence-electron chi connectivity index (χ2n) is 7.44. The summed E-state index contributed by atoms with van der Waals surface area (Å²) < 4.78 is 7.80. The molecule has 6 nitrogen and oxygen atoms in total. The van der Waals surface area contributed by atoms with Crippen LogP contribution < -0.4 is 10.2 Å². The zero-order chi connectivity index (χ0) is 18.6. The van der Waals surface area contributed by atoms with Crippen molar-refractivity contribution >= 4 is 22.9 Å². The van der Waals surface area contributed by atoms with Crippen LogP contribution in [0.2, 0.25) is 0 Å². The Labute approximate surface area is 160 Å². The number of nitrogens with zero attached hydrogens (tertiary/aromatic N) is 3. The van der Waals surface area contributed by atoms with E-state index in [1.165, 1.54) is 0 Å². The monoisotopic (exact) mass is 368 g/mol. The molecule has 1 aromatic carbocycles. The Kier molecular flexibility index (Phi) is 5.43. The minimum absolute atomic E-state index is 0.0832. The summed E-state index contributed by atoms with van der Waals surface area (Å²) in [4.78, 5) is 19.6. The predicted molar refractivity (Wildman–Crippen MR) is 107 cm³/mol. The summed E-state index contributed by atoms with van der Waals surface area (Å²) in [6.07, 6.45) is 5.97. The number of piperidine rings is 1. The van der Waals surface area contributed by atoms with Gasteiger partial charge >= 0.3 is 0 Å². The molecule has 0 spiro atoms. The van der Waals surface area contributed by atoms with Crippen molar-refractivity contribution in [1.82, 2.24) is 14.9 Å². The number of carbonyl (C=O) groups excluding carboxylic acids is 1. The summed E-state index contributed by atoms with van der Waals surface area (Å²) in [7, 11) is 0. The first-order valence-electron chi connectivity index (χ1n) is 9.96. The van der Waals surface area contributed by atoms with Crippen molar-refractivity contribution in [2.45, 2.75) is 38.3 Å². The van der Waals surface area contributed by atoms with Gasteiger partial charge in [-0.1, -0.05) is 18.2 Å². The van der Waals surface area contributed by atoms with Gasteiger partial charge in [0.05, 0.1) is 17.1 Å². The molecule has 3 heterocycles. The van der Waals surface area contributed by atoms with Crippen LogP contribution in [0.1, 0.15) is 25.7 Å². The Morgan fingerprint density at radius 2 is 2.11 bits per heavy atom. The van der Waals surface area contributed by atoms with Gasteiger partial charge in [-0.15, -0.1) is 6.58 Å². The lowest BCUT2D eigenvalue weighted by molar-refractivity contribution is -0.126. The molecule has 27 heavy (non-hydrogen) atoms. The Bertz CT molecular complexity index is 802. The average molecular weight is 368 g/mol. The minimum atomic E-state index is 0.0832. The van der Waals surface area contributed by atoms with Gasteiger partial charge in [0.1, 0.15) is 0 Å². The molecule has 1 unspecified atom stereocenters. The Morgan fingerprint density at radius 1 is 1.30 bits per heavy atom. The van der Waals surface area contributed by atoms with Crippen molar-refractivity contribution in [3.63, 3.8) is 0 Å². The lowest BCUT2D eigenvalue weighted by Crippen LogP contribution is -2.43. The molecular weight excluding hydrogens is 340 g/mol. The van der Waals surface area contributed by atoms with Gasteiger partial charge in [0.25, 0.3) is 0 Å². The first-order chi connectivity index (χ1) is 13.3. The molecule has 1 atom stereocenters. The normalized spacial score (nSPS) is 20.9. The highest BCUT2D eigenvalue weighted by Gasteiger charge is 2.28. The summed E-state index contributed by atoms with van der Waals surface area (Å²) >= 11 is 0. The molecule has 2 saturated heterocycles. The summed E-state index contributed by atoms with van der Waals surface area (Å²) in [6, 6.07) is 8.20. The third kappa shape index (κ3) is 3.86. The van der Waals surface area contributed by atoms with Crippen LogP contribution in [-0.4, -0.2) is 47.8 Å². The maximum atomic E-state index is 12.5. The molecule has 0 bridgehead atoms. The standard InChI is InChI=1S/C21H28N4O2/c1-2-11-25-19-8-4-3-7-18(19)23-21(25)24-12-9-16(10-13-24)20(26)22-15-17-6-5-14-27-17/h2-4,7-8,16-17H,1,5-6,9-15H2,(H,22,26). The highest BCUT2D eigenvalue weighted by Crippen LogP contribution is 2.27. The van der Waals surface area contributed by atoms with Crippen LogP contribution >= 0.6 is 0 Å². The SMILES string of the molecule is C=CCn1c(N2CCC(C(=O)NCC3CCCO3)CC2)nc2ccccc21. The highest BCUT2D eigenvalue weighted by atomic mass is 16.5. The smallest absolute Gasteiger partial charge is 0.223 e. The number of nitrogens with one attached hydrogen (secondary N) is 1. The van der Waals surface area contributed by atoms with E-state index < -0.39 is 0 Å². The van der Waals surface area contributed by atoms with Crippen molar-refractivity contribution < 1.29 is 9.53 Å². The number of benzene rings is 1. The zero-order valence-electron chi connectivity index (χ0n) is 15.8. The van der Waals surface area contributed by atoms with Crippen LogP contribution in [-0.2, 0) is 16.1 Å². The zero-order valence-corrected chi connectivity index (χ0v) is 15.8. The van der Waals surface area contributed by atoms with Crippen LogP contribution in [0.4, 0.5) is 5.95 Å². The largest absolute Gasteiger partial charge is 0.376 e. The molecule has 2 aromatic rings. The van der Waals surface area contributed by atoms with Gasteiger partial charge in [-0.05, 0) is 37.8 Å². The van der Waals surface area contributed by atoms with E-state index in [1.807, 2.05) is 24.3 Å². The average Bonchev–Trinajstić information content (AvgIpc) is 3.35. The summed E-state index contributed by atoms with van der Waals surface area (Å²) in [5, 5.41) is 3.09. The van der Waals surface area contributed by atoms with Crippen molar-refractivity contribution in [2.75, 3.05) is 31.1 Å². The van der Waals surface area contributed by atoms with E-state index in [4.69, 9.17) is 9.72 Å². The van der Waals surface area contributed by atoms with E-state index in [2.05, 4.69) is 27.4 Å². The van der Waals surface area contributed by atoms with Gasteiger partial charge in [0, 0.05) is 38.7 Å². The van der Waals surface area contributed by atoms with Crippen LogP contribution in [0.5, 0.6) is 0 Å². The molecule has 0 saturated carbocycles. The van der Waals surface area contributed by atoms with Crippen molar-refractivity contribution in [2.24, 2.45) is 5.92 Å². The maximum Gasteiger partial charge on any atom is 0.223 e. The molecule has 0 aliphatic carbocycles. The fraction of sp³-hybridized carbons (Fsp3) is 0.524. The van der Waals surface area contributed by atoms with Gasteiger partial charge in [0.2, 0.25) is 11.9 Å². The minimum Gasteiger partial charge on any atom is -0.376 e. The maximum absolute atomic E-state index is 12.5.